The average Bonchev–Trinajstić information content (AvgIpc) is 3.18. The minimum absolute atomic E-state index is 0.0187. The van der Waals surface area contributed by atoms with Crippen molar-refractivity contribution in [3.8, 4) is 0 Å². The first kappa shape index (κ1) is 18.7. The number of amidine groups is 1. The van der Waals surface area contributed by atoms with Crippen LogP contribution in [0.3, 0.4) is 0 Å². The lowest BCUT2D eigenvalue weighted by molar-refractivity contribution is -0.124. The lowest BCUT2D eigenvalue weighted by Crippen LogP contribution is -2.41. The average molecular weight is 390 g/mol. The van der Waals surface area contributed by atoms with Crippen molar-refractivity contribution < 1.29 is 9.59 Å². The molecule has 0 saturated heterocycles. The number of carbonyl (C=O) groups excluding carboxylic acids is 2. The van der Waals surface area contributed by atoms with Crippen LogP contribution in [0, 0.1) is 5.92 Å². The maximum atomic E-state index is 13.0. The molecule has 0 aromatic carbocycles. The number of thiophene rings is 1. The molecule has 26 heavy (non-hydrogen) atoms. The molecule has 2 aromatic rings. The van der Waals surface area contributed by atoms with Gasteiger partial charge < -0.3 is 5.32 Å². The largest absolute Gasteiger partial charge is 0.307 e. The van der Waals surface area contributed by atoms with Crippen LogP contribution in [0.25, 0.3) is 0 Å². The van der Waals surface area contributed by atoms with E-state index in [4.69, 9.17) is 11.6 Å². The molecule has 3 rings (SSSR count). The summed E-state index contributed by atoms with van der Waals surface area (Å²) in [5.41, 5.74) is 0.896. The highest BCUT2D eigenvalue weighted by molar-refractivity contribution is 7.18. The summed E-state index contributed by atoms with van der Waals surface area (Å²) in [7, 11) is 0. The summed E-state index contributed by atoms with van der Waals surface area (Å²) >= 11 is 7.20. The van der Waals surface area contributed by atoms with Crippen LogP contribution in [0.4, 0.5) is 0 Å². The van der Waals surface area contributed by atoms with E-state index in [-0.39, 0.29) is 17.6 Å². The maximum absolute atomic E-state index is 13.0. The van der Waals surface area contributed by atoms with Gasteiger partial charge in [-0.25, -0.2) is 4.99 Å². The normalized spacial score (nSPS) is 19.6. The standard InChI is InChI=1S/C19H20ClN3O2S/c1-5-11-8-12(16(24)13-6-7-14(20)26-13)15(21-9-11)17-22-18(25)19(4,23-17)10(2)3/h6-10H,5H2,1-4H3,(H,22,23,25). The van der Waals surface area contributed by atoms with E-state index in [2.05, 4.69) is 15.3 Å². The number of rotatable bonds is 5. The van der Waals surface area contributed by atoms with Gasteiger partial charge in [-0.3, -0.25) is 14.6 Å². The van der Waals surface area contributed by atoms with Gasteiger partial charge in [-0.2, -0.15) is 0 Å². The molecule has 1 atom stereocenters. The number of halogens is 1. The van der Waals surface area contributed by atoms with Gasteiger partial charge in [-0.15, -0.1) is 11.3 Å². The minimum Gasteiger partial charge on any atom is -0.307 e. The van der Waals surface area contributed by atoms with Crippen molar-refractivity contribution in [1.82, 2.24) is 10.3 Å². The molecule has 0 radical (unpaired) electrons. The number of aliphatic imine (C=N–C) groups is 1. The highest BCUT2D eigenvalue weighted by atomic mass is 35.5. The second kappa shape index (κ2) is 6.93. The van der Waals surface area contributed by atoms with Crippen molar-refractivity contribution in [3.05, 3.63) is 50.4 Å². The summed E-state index contributed by atoms with van der Waals surface area (Å²) in [4.78, 5) is 35.0. The van der Waals surface area contributed by atoms with Crippen molar-refractivity contribution in [3.63, 3.8) is 0 Å². The number of nitrogens with one attached hydrogen (secondary N) is 1. The second-order valence-electron chi connectivity index (χ2n) is 6.74. The van der Waals surface area contributed by atoms with Gasteiger partial charge in [0.1, 0.15) is 11.2 Å². The highest BCUT2D eigenvalue weighted by Gasteiger charge is 2.43. The Balaban J connectivity index is 2.11. The van der Waals surface area contributed by atoms with E-state index in [0.717, 1.165) is 12.0 Å². The number of nitrogens with zero attached hydrogens (tertiary/aromatic N) is 2. The van der Waals surface area contributed by atoms with E-state index in [9.17, 15) is 9.59 Å². The number of hydrogen-bond acceptors (Lipinski definition) is 5. The Morgan fingerprint density at radius 3 is 2.65 bits per heavy atom. The summed E-state index contributed by atoms with van der Waals surface area (Å²) in [6, 6.07) is 5.21. The van der Waals surface area contributed by atoms with Crippen LogP contribution in [0.1, 0.15) is 54.2 Å². The zero-order chi connectivity index (χ0) is 19.1. The quantitative estimate of drug-likeness (QED) is 0.788. The number of pyridine rings is 1. The fourth-order valence-electron chi connectivity index (χ4n) is 2.68. The van der Waals surface area contributed by atoms with Crippen LogP contribution in [0.2, 0.25) is 4.34 Å². The molecule has 0 spiro atoms. The molecule has 0 bridgehead atoms. The molecular weight excluding hydrogens is 370 g/mol. The Kier molecular flexibility index (Phi) is 4.99. The van der Waals surface area contributed by atoms with Crippen molar-refractivity contribution in [2.45, 2.75) is 39.7 Å². The molecule has 1 N–H and O–H groups in total. The third kappa shape index (κ3) is 3.19. The van der Waals surface area contributed by atoms with E-state index in [0.29, 0.717) is 26.3 Å². The van der Waals surface area contributed by atoms with E-state index >= 15 is 0 Å². The summed E-state index contributed by atoms with van der Waals surface area (Å²) in [6.45, 7) is 7.68. The summed E-state index contributed by atoms with van der Waals surface area (Å²) < 4.78 is 0.549. The molecular formula is C19H20ClN3O2S. The van der Waals surface area contributed by atoms with Crippen LogP contribution >= 0.6 is 22.9 Å². The minimum atomic E-state index is -0.868. The van der Waals surface area contributed by atoms with Gasteiger partial charge in [0.05, 0.1) is 14.8 Å². The van der Waals surface area contributed by atoms with Crippen LogP contribution in [0.5, 0.6) is 0 Å². The van der Waals surface area contributed by atoms with E-state index < -0.39 is 5.54 Å². The van der Waals surface area contributed by atoms with Crippen LogP contribution in [-0.4, -0.2) is 28.0 Å². The Morgan fingerprint density at radius 2 is 2.12 bits per heavy atom. The molecule has 1 aliphatic rings. The SMILES string of the molecule is CCc1cnc(C2=NC(C)(C(C)C)C(=O)N2)c(C(=O)c2ccc(Cl)s2)c1. The topological polar surface area (TPSA) is 71.4 Å². The summed E-state index contributed by atoms with van der Waals surface area (Å²) in [5, 5.41) is 2.81. The molecule has 0 fully saturated rings. The zero-order valence-corrected chi connectivity index (χ0v) is 16.7. The Hall–Kier alpha value is -2.05. The van der Waals surface area contributed by atoms with E-state index in [1.165, 1.54) is 11.3 Å². The first-order chi connectivity index (χ1) is 12.3. The lowest BCUT2D eigenvalue weighted by atomic mass is 9.89. The highest BCUT2D eigenvalue weighted by Crippen LogP contribution is 2.29. The number of hydrogen-bond donors (Lipinski definition) is 1. The van der Waals surface area contributed by atoms with E-state index in [1.54, 1.807) is 25.3 Å². The Labute approximate surface area is 161 Å². The van der Waals surface area contributed by atoms with Gasteiger partial charge in [-0.1, -0.05) is 32.4 Å². The van der Waals surface area contributed by atoms with E-state index in [1.807, 2.05) is 26.8 Å². The number of carbonyl (C=O) groups is 2. The first-order valence-corrected chi connectivity index (χ1v) is 9.66. The Morgan fingerprint density at radius 1 is 1.38 bits per heavy atom. The molecule has 2 aromatic heterocycles. The van der Waals surface area contributed by atoms with Crippen LogP contribution < -0.4 is 5.32 Å². The monoisotopic (exact) mass is 389 g/mol. The van der Waals surface area contributed by atoms with Gasteiger partial charge in [0.15, 0.2) is 5.84 Å². The van der Waals surface area contributed by atoms with Crippen molar-refractivity contribution >= 4 is 40.5 Å². The van der Waals surface area contributed by atoms with Gasteiger partial charge in [0, 0.05) is 6.20 Å². The first-order valence-electron chi connectivity index (χ1n) is 8.47. The summed E-state index contributed by atoms with van der Waals surface area (Å²) in [6.07, 6.45) is 2.47. The van der Waals surface area contributed by atoms with Crippen molar-refractivity contribution in [2.75, 3.05) is 0 Å². The molecule has 0 saturated carbocycles. The van der Waals surface area contributed by atoms with Gasteiger partial charge >= 0.3 is 0 Å². The lowest BCUT2D eigenvalue weighted by Gasteiger charge is -2.21. The molecule has 1 unspecified atom stereocenters. The van der Waals surface area contributed by atoms with Crippen LogP contribution in [0.15, 0.2) is 29.4 Å². The van der Waals surface area contributed by atoms with Gasteiger partial charge in [-0.05, 0) is 43.0 Å². The maximum Gasteiger partial charge on any atom is 0.253 e. The number of aryl methyl sites for hydroxylation is 1. The predicted molar refractivity (Wildman–Crippen MR) is 104 cm³/mol. The number of ketones is 1. The number of amides is 1. The summed E-state index contributed by atoms with van der Waals surface area (Å²) in [5.74, 6) is 0.0151. The molecule has 7 heteroatoms. The number of aromatic nitrogens is 1. The van der Waals surface area contributed by atoms with Crippen molar-refractivity contribution in [2.24, 2.45) is 10.9 Å². The molecule has 1 aliphatic heterocycles. The molecule has 5 nitrogen and oxygen atoms in total. The third-order valence-electron chi connectivity index (χ3n) is 4.78. The predicted octanol–water partition coefficient (Wildman–Crippen LogP) is 3.88. The fraction of sp³-hybridized carbons (Fsp3) is 0.368. The Bertz CT molecular complexity index is 919. The zero-order valence-electron chi connectivity index (χ0n) is 15.1. The molecule has 136 valence electrons. The smallest absolute Gasteiger partial charge is 0.253 e. The van der Waals surface area contributed by atoms with Crippen molar-refractivity contribution in [1.29, 1.82) is 0 Å². The molecule has 0 aliphatic carbocycles. The molecule has 3 heterocycles. The van der Waals surface area contributed by atoms with Gasteiger partial charge in [0.25, 0.3) is 5.91 Å². The van der Waals surface area contributed by atoms with Crippen LogP contribution in [-0.2, 0) is 11.2 Å². The fourth-order valence-corrected chi connectivity index (χ4v) is 3.68. The molecule has 1 amide bonds. The van der Waals surface area contributed by atoms with Gasteiger partial charge in [0.2, 0.25) is 5.78 Å². The second-order valence-corrected chi connectivity index (χ2v) is 8.46. The third-order valence-corrected chi connectivity index (χ3v) is 6.01.